The number of aromatic nitrogens is 1. The quantitative estimate of drug-likeness (QED) is 0.603. The van der Waals surface area contributed by atoms with Crippen LogP contribution in [0.25, 0.3) is 10.8 Å². The summed E-state index contributed by atoms with van der Waals surface area (Å²) in [7, 11) is 1.69. The number of anilines is 2. The number of amides is 2. The van der Waals surface area contributed by atoms with Gasteiger partial charge in [0.2, 0.25) is 0 Å². The van der Waals surface area contributed by atoms with Crippen molar-refractivity contribution in [2.75, 3.05) is 49.5 Å². The fourth-order valence-electron chi connectivity index (χ4n) is 4.06. The number of piperazine rings is 1. The lowest BCUT2D eigenvalue weighted by Gasteiger charge is -2.36. The van der Waals surface area contributed by atoms with Gasteiger partial charge in [0.1, 0.15) is 0 Å². The highest BCUT2D eigenvalue weighted by molar-refractivity contribution is 6.00. The molecule has 0 atom stereocenters. The number of pyridine rings is 1. The Bertz CT molecular complexity index is 1090. The summed E-state index contributed by atoms with van der Waals surface area (Å²) in [4.78, 5) is 29.5. The summed E-state index contributed by atoms with van der Waals surface area (Å²) in [6.07, 6.45) is 2.56. The molecule has 2 N–H and O–H groups in total. The number of rotatable bonds is 6. The van der Waals surface area contributed by atoms with E-state index in [2.05, 4.69) is 44.7 Å². The number of hydrogen-bond acceptors (Lipinski definition) is 4. The number of nitrogens with one attached hydrogen (secondary N) is 2. The van der Waals surface area contributed by atoms with E-state index in [0.29, 0.717) is 17.6 Å². The van der Waals surface area contributed by atoms with Crippen LogP contribution in [0, 0.1) is 0 Å². The van der Waals surface area contributed by atoms with Gasteiger partial charge in [0.05, 0.1) is 5.69 Å². The van der Waals surface area contributed by atoms with Crippen LogP contribution in [-0.4, -0.2) is 54.8 Å². The van der Waals surface area contributed by atoms with Gasteiger partial charge in [-0.05, 0) is 31.2 Å². The number of benzene rings is 2. The second-order valence-corrected chi connectivity index (χ2v) is 7.90. The SMILES string of the molecule is Cn1cc(NC(=O)NCCCN2CCN(c3ccccc3)CC2)c2ccccc2c1=O. The summed E-state index contributed by atoms with van der Waals surface area (Å²) >= 11 is 0. The van der Waals surface area contributed by atoms with Crippen molar-refractivity contribution in [1.82, 2.24) is 14.8 Å². The first-order valence-corrected chi connectivity index (χ1v) is 10.8. The van der Waals surface area contributed by atoms with E-state index in [1.54, 1.807) is 19.3 Å². The minimum absolute atomic E-state index is 0.0751. The molecule has 31 heavy (non-hydrogen) atoms. The van der Waals surface area contributed by atoms with Crippen molar-refractivity contribution in [1.29, 1.82) is 0 Å². The first kappa shape index (κ1) is 20.9. The van der Waals surface area contributed by atoms with Gasteiger partial charge in [-0.15, -0.1) is 0 Å². The molecule has 0 spiro atoms. The van der Waals surface area contributed by atoms with Crippen LogP contribution in [0.1, 0.15) is 6.42 Å². The van der Waals surface area contributed by atoms with Crippen LogP contribution in [-0.2, 0) is 7.05 Å². The zero-order valence-corrected chi connectivity index (χ0v) is 17.9. The van der Waals surface area contributed by atoms with Crippen molar-refractivity contribution in [3.05, 3.63) is 71.1 Å². The molecule has 2 aromatic carbocycles. The Morgan fingerprint density at radius 2 is 1.61 bits per heavy atom. The highest BCUT2D eigenvalue weighted by atomic mass is 16.2. The predicted molar refractivity (Wildman–Crippen MR) is 126 cm³/mol. The normalized spacial score (nSPS) is 14.5. The maximum Gasteiger partial charge on any atom is 0.319 e. The molecule has 1 saturated heterocycles. The van der Waals surface area contributed by atoms with Crippen LogP contribution < -0.4 is 21.1 Å². The summed E-state index contributed by atoms with van der Waals surface area (Å²) in [5, 5.41) is 7.16. The van der Waals surface area contributed by atoms with Crippen LogP contribution in [0.3, 0.4) is 0 Å². The zero-order valence-electron chi connectivity index (χ0n) is 17.9. The number of fused-ring (bicyclic) bond motifs is 1. The van der Waals surface area contributed by atoms with Gasteiger partial charge in [-0.2, -0.15) is 0 Å². The van der Waals surface area contributed by atoms with Gasteiger partial charge in [0.25, 0.3) is 5.56 Å². The molecular formula is C24H29N5O2. The van der Waals surface area contributed by atoms with Crippen molar-refractivity contribution in [3.8, 4) is 0 Å². The van der Waals surface area contributed by atoms with Gasteiger partial charge in [-0.3, -0.25) is 9.69 Å². The second kappa shape index (κ2) is 9.66. The van der Waals surface area contributed by atoms with Crippen LogP contribution in [0.2, 0.25) is 0 Å². The standard InChI is InChI=1S/C24H29N5O2/c1-27-18-22(20-10-5-6-11-21(20)23(27)30)26-24(31)25-12-7-13-28-14-16-29(17-15-28)19-8-3-2-4-9-19/h2-6,8-11,18H,7,12-17H2,1H3,(H2,25,26,31). The van der Waals surface area contributed by atoms with Crippen LogP contribution in [0.5, 0.6) is 0 Å². The number of nitrogens with zero attached hydrogens (tertiary/aromatic N) is 3. The lowest BCUT2D eigenvalue weighted by Crippen LogP contribution is -2.47. The fraction of sp³-hybridized carbons (Fsp3) is 0.333. The van der Waals surface area contributed by atoms with Gasteiger partial charge in [0.15, 0.2) is 0 Å². The lowest BCUT2D eigenvalue weighted by molar-refractivity contribution is 0.244. The number of hydrogen-bond donors (Lipinski definition) is 2. The number of urea groups is 1. The summed E-state index contributed by atoms with van der Waals surface area (Å²) in [5.41, 5.74) is 1.84. The largest absolute Gasteiger partial charge is 0.369 e. The van der Waals surface area contributed by atoms with E-state index in [1.807, 2.05) is 24.3 Å². The molecule has 1 aliphatic heterocycles. The lowest BCUT2D eigenvalue weighted by atomic mass is 10.1. The average molecular weight is 420 g/mol. The van der Waals surface area contributed by atoms with Crippen molar-refractivity contribution < 1.29 is 4.79 Å². The molecule has 0 aliphatic carbocycles. The molecule has 0 radical (unpaired) electrons. The summed E-state index contributed by atoms with van der Waals surface area (Å²) in [5.74, 6) is 0. The Kier molecular flexibility index (Phi) is 6.52. The number of carbonyl (C=O) groups excluding carboxylic acids is 1. The molecule has 1 aliphatic rings. The molecular weight excluding hydrogens is 390 g/mol. The van der Waals surface area contributed by atoms with Gasteiger partial charge in [-0.1, -0.05) is 36.4 Å². The van der Waals surface area contributed by atoms with E-state index in [4.69, 9.17) is 0 Å². The number of carbonyl (C=O) groups is 1. The van der Waals surface area contributed by atoms with E-state index in [-0.39, 0.29) is 11.6 Å². The molecule has 7 nitrogen and oxygen atoms in total. The molecule has 2 amide bonds. The Hall–Kier alpha value is -3.32. The molecule has 3 aromatic rings. The monoisotopic (exact) mass is 419 g/mol. The minimum atomic E-state index is -0.252. The number of aryl methyl sites for hydroxylation is 1. The molecule has 0 unspecified atom stereocenters. The molecule has 2 heterocycles. The third kappa shape index (κ3) is 5.06. The molecule has 4 rings (SSSR count). The topological polar surface area (TPSA) is 69.6 Å². The Morgan fingerprint density at radius 1 is 0.935 bits per heavy atom. The van der Waals surface area contributed by atoms with Crippen molar-refractivity contribution in [3.63, 3.8) is 0 Å². The second-order valence-electron chi connectivity index (χ2n) is 7.90. The molecule has 162 valence electrons. The highest BCUT2D eigenvalue weighted by Crippen LogP contribution is 2.20. The van der Waals surface area contributed by atoms with Crippen molar-refractivity contribution in [2.24, 2.45) is 7.05 Å². The first-order valence-electron chi connectivity index (χ1n) is 10.8. The molecule has 1 fully saturated rings. The zero-order chi connectivity index (χ0) is 21.6. The number of para-hydroxylation sites is 1. The summed E-state index contributed by atoms with van der Waals surface area (Å²) in [6.45, 7) is 5.69. The molecule has 0 bridgehead atoms. The molecule has 1 aromatic heterocycles. The van der Waals surface area contributed by atoms with Crippen molar-refractivity contribution in [2.45, 2.75) is 6.42 Å². The van der Waals surface area contributed by atoms with E-state index in [9.17, 15) is 9.59 Å². The fourth-order valence-corrected chi connectivity index (χ4v) is 4.06. The van der Waals surface area contributed by atoms with Crippen molar-refractivity contribution >= 4 is 28.2 Å². The van der Waals surface area contributed by atoms with Gasteiger partial charge >= 0.3 is 6.03 Å². The van der Waals surface area contributed by atoms with Crippen LogP contribution in [0.15, 0.2) is 65.6 Å². The van der Waals surface area contributed by atoms with Gasteiger partial charge in [-0.25, -0.2) is 4.79 Å². The summed E-state index contributed by atoms with van der Waals surface area (Å²) in [6, 6.07) is 17.6. The summed E-state index contributed by atoms with van der Waals surface area (Å²) < 4.78 is 1.49. The third-order valence-corrected chi connectivity index (χ3v) is 5.77. The maximum absolute atomic E-state index is 12.4. The van der Waals surface area contributed by atoms with E-state index in [0.717, 1.165) is 44.5 Å². The third-order valence-electron chi connectivity index (χ3n) is 5.77. The Morgan fingerprint density at radius 3 is 2.35 bits per heavy atom. The Labute approximate surface area is 182 Å². The Balaban J connectivity index is 1.22. The van der Waals surface area contributed by atoms with E-state index >= 15 is 0 Å². The smallest absolute Gasteiger partial charge is 0.319 e. The van der Waals surface area contributed by atoms with Crippen LogP contribution >= 0.6 is 0 Å². The first-order chi connectivity index (χ1) is 15.1. The van der Waals surface area contributed by atoms with E-state index < -0.39 is 0 Å². The maximum atomic E-state index is 12.4. The molecule has 7 heteroatoms. The predicted octanol–water partition coefficient (Wildman–Crippen LogP) is 2.87. The van der Waals surface area contributed by atoms with Gasteiger partial charge in [0, 0.05) is 62.4 Å². The molecule has 0 saturated carbocycles. The van der Waals surface area contributed by atoms with Crippen LogP contribution in [0.4, 0.5) is 16.2 Å². The van der Waals surface area contributed by atoms with Gasteiger partial charge < -0.3 is 20.1 Å². The minimum Gasteiger partial charge on any atom is -0.369 e. The highest BCUT2D eigenvalue weighted by Gasteiger charge is 2.16. The van der Waals surface area contributed by atoms with E-state index in [1.165, 1.54) is 10.3 Å². The average Bonchev–Trinajstić information content (AvgIpc) is 2.81.